The van der Waals surface area contributed by atoms with Gasteiger partial charge < -0.3 is 79.7 Å². The quantitative estimate of drug-likeness (QED) is 0.0322. The largest absolute Gasteiger partial charge is 0.480 e. The average Bonchev–Trinajstić information content (AvgIpc) is 3.82. The molecule has 1 fully saturated rings. The van der Waals surface area contributed by atoms with Crippen LogP contribution < -0.4 is 54.4 Å². The zero-order chi connectivity index (χ0) is 55.1. The molecule has 0 unspecified atom stereocenters. The molecule has 1 heterocycles. The van der Waals surface area contributed by atoms with Gasteiger partial charge in [0, 0.05) is 25.8 Å². The van der Waals surface area contributed by atoms with Gasteiger partial charge in [-0.05, 0) is 75.9 Å². The van der Waals surface area contributed by atoms with Crippen LogP contribution in [0.3, 0.4) is 0 Å². The molecule has 1 saturated heterocycles. The van der Waals surface area contributed by atoms with E-state index in [4.69, 9.17) is 17.2 Å². The van der Waals surface area contributed by atoms with Crippen LogP contribution in [-0.2, 0) is 59.2 Å². The Morgan fingerprint density at radius 2 is 1.14 bits per heavy atom. The van der Waals surface area contributed by atoms with Crippen LogP contribution in [0.25, 0.3) is 0 Å². The van der Waals surface area contributed by atoms with E-state index >= 15 is 0 Å². The fraction of sp³-hybridized carbons (Fsp3) is 0.630. The van der Waals surface area contributed by atoms with Crippen molar-refractivity contribution < 1.29 is 73.2 Å². The zero-order valence-corrected chi connectivity index (χ0v) is 42.5. The summed E-state index contributed by atoms with van der Waals surface area (Å²) in [7, 11) is 0. The SMILES string of the molecule is CSCC[C@H](N)C(=O)N[C@@H](CCC(N)=O)C(=O)N[C@@H](CO)C(=O)N[C@@H](CC(C)C)C(=O)N[C@@H](CCC(N)=O)C(=O)N[C@H](C(=O)N1CCC[C@H]1C(=O)N[C@@H](Cc1ccccc1)C(=O)N[C@H](C(=O)O)[C@@H](C)O)[C@@H](C)O. The third-order valence-electron chi connectivity index (χ3n) is 11.6. The van der Waals surface area contributed by atoms with Gasteiger partial charge in [0.05, 0.1) is 24.9 Å². The second kappa shape index (κ2) is 31.2. The van der Waals surface area contributed by atoms with Crippen molar-refractivity contribution in [1.29, 1.82) is 0 Å². The topological polar surface area (TPSA) is 434 Å². The second-order valence-electron chi connectivity index (χ2n) is 18.2. The zero-order valence-electron chi connectivity index (χ0n) is 41.7. The number of carboxylic acids is 1. The first-order valence-corrected chi connectivity index (χ1v) is 25.2. The lowest BCUT2D eigenvalue weighted by Crippen LogP contribution is -2.62. The molecule has 0 radical (unpaired) electrons. The van der Waals surface area contributed by atoms with Crippen LogP contribution in [0.4, 0.5) is 0 Å². The molecule has 1 aromatic rings. The molecule has 1 aliphatic heterocycles. The van der Waals surface area contributed by atoms with Crippen molar-refractivity contribution in [3.63, 3.8) is 0 Å². The van der Waals surface area contributed by atoms with Crippen LogP contribution in [0.1, 0.15) is 84.6 Å². The number of hydrogen-bond acceptors (Lipinski definition) is 16. The minimum atomic E-state index is -1.76. The Morgan fingerprint density at radius 1 is 0.658 bits per heavy atom. The molecule has 0 aliphatic carbocycles. The Hall–Kier alpha value is -6.42. The molecule has 17 N–H and O–H groups in total. The van der Waals surface area contributed by atoms with E-state index in [-0.39, 0.29) is 57.4 Å². The van der Waals surface area contributed by atoms with Crippen LogP contribution in [0.5, 0.6) is 0 Å². The number of benzene rings is 1. The summed E-state index contributed by atoms with van der Waals surface area (Å²) >= 11 is 1.43. The summed E-state index contributed by atoms with van der Waals surface area (Å²) in [5.41, 5.74) is 17.2. The molecular formula is C46H73N11O15S. The molecular weight excluding hydrogens is 979 g/mol. The van der Waals surface area contributed by atoms with Crippen molar-refractivity contribution in [3.05, 3.63) is 35.9 Å². The average molecular weight is 1050 g/mol. The van der Waals surface area contributed by atoms with Gasteiger partial charge in [0.1, 0.15) is 42.3 Å². The summed E-state index contributed by atoms with van der Waals surface area (Å²) < 4.78 is 0. The van der Waals surface area contributed by atoms with E-state index in [1.54, 1.807) is 50.4 Å². The number of thioether (sulfide) groups is 1. The first-order chi connectivity index (χ1) is 34.3. The number of aliphatic hydroxyl groups excluding tert-OH is 3. The third-order valence-corrected chi connectivity index (χ3v) is 12.2. The Labute approximate surface area is 427 Å². The van der Waals surface area contributed by atoms with E-state index in [0.29, 0.717) is 11.3 Å². The molecule has 1 aliphatic rings. The summed E-state index contributed by atoms with van der Waals surface area (Å²) in [6.07, 6.45) is -2.48. The molecule has 0 aromatic heterocycles. The number of carbonyl (C=O) groups excluding carboxylic acids is 10. The van der Waals surface area contributed by atoms with Gasteiger partial charge in [-0.1, -0.05) is 44.2 Å². The summed E-state index contributed by atoms with van der Waals surface area (Å²) in [6, 6.07) is -4.98. The summed E-state index contributed by atoms with van der Waals surface area (Å²) in [5, 5.41) is 57.4. The maximum atomic E-state index is 14.2. The number of amides is 10. The van der Waals surface area contributed by atoms with Gasteiger partial charge in [0.25, 0.3) is 0 Å². The smallest absolute Gasteiger partial charge is 0.328 e. The minimum Gasteiger partial charge on any atom is -0.480 e. The van der Waals surface area contributed by atoms with E-state index in [9.17, 15) is 73.2 Å². The fourth-order valence-corrected chi connectivity index (χ4v) is 8.06. The van der Waals surface area contributed by atoms with Crippen LogP contribution in [-0.4, -0.2) is 182 Å². The number of nitrogens with one attached hydrogen (secondary N) is 7. The second-order valence-corrected chi connectivity index (χ2v) is 19.2. The van der Waals surface area contributed by atoms with Crippen molar-refractivity contribution >= 4 is 76.8 Å². The number of nitrogens with zero attached hydrogens (tertiary/aromatic N) is 1. The van der Waals surface area contributed by atoms with E-state index in [2.05, 4.69) is 37.2 Å². The lowest BCUT2D eigenvalue weighted by Gasteiger charge is -2.32. The molecule has 0 saturated carbocycles. The predicted molar refractivity (Wildman–Crippen MR) is 264 cm³/mol. The number of aliphatic carboxylic acids is 1. The maximum absolute atomic E-state index is 14.2. The summed E-state index contributed by atoms with van der Waals surface area (Å²) in [4.78, 5) is 146. The minimum absolute atomic E-state index is 0.0441. The molecule has 0 spiro atoms. The normalized spacial score (nSPS) is 17.4. The Balaban J connectivity index is 2.34. The first-order valence-electron chi connectivity index (χ1n) is 23.8. The molecule has 73 heavy (non-hydrogen) atoms. The monoisotopic (exact) mass is 1050 g/mol. The molecule has 27 heteroatoms. The lowest BCUT2D eigenvalue weighted by atomic mass is 10.0. The van der Waals surface area contributed by atoms with Crippen LogP contribution in [0.15, 0.2) is 30.3 Å². The van der Waals surface area contributed by atoms with Gasteiger partial charge in [-0.3, -0.25) is 47.9 Å². The summed E-state index contributed by atoms with van der Waals surface area (Å²) in [5.74, 6) is -10.6. The maximum Gasteiger partial charge on any atom is 0.328 e. The number of nitrogens with two attached hydrogens (primary N) is 3. The van der Waals surface area contributed by atoms with Gasteiger partial charge in [-0.25, -0.2) is 4.79 Å². The Kier molecular flexibility index (Phi) is 26.8. The van der Waals surface area contributed by atoms with Gasteiger partial charge in [-0.15, -0.1) is 0 Å². The van der Waals surface area contributed by atoms with Crippen LogP contribution >= 0.6 is 11.8 Å². The molecule has 26 nitrogen and oxygen atoms in total. The highest BCUT2D eigenvalue weighted by molar-refractivity contribution is 7.98. The molecule has 408 valence electrons. The fourth-order valence-electron chi connectivity index (χ4n) is 7.57. The predicted octanol–water partition coefficient (Wildman–Crippen LogP) is -4.89. The number of rotatable bonds is 32. The van der Waals surface area contributed by atoms with Crippen molar-refractivity contribution in [2.24, 2.45) is 23.1 Å². The lowest BCUT2D eigenvalue weighted by molar-refractivity contribution is -0.146. The van der Waals surface area contributed by atoms with E-state index < -0.39 is 151 Å². The highest BCUT2D eigenvalue weighted by Crippen LogP contribution is 2.21. The Morgan fingerprint density at radius 3 is 1.64 bits per heavy atom. The van der Waals surface area contributed by atoms with E-state index in [1.165, 1.54) is 18.7 Å². The number of carboxylic acid groups (broad SMARTS) is 1. The number of carbonyl (C=O) groups is 11. The van der Waals surface area contributed by atoms with Crippen molar-refractivity contribution in [2.75, 3.05) is 25.2 Å². The summed E-state index contributed by atoms with van der Waals surface area (Å²) in [6.45, 7) is 4.67. The molecule has 10 amide bonds. The van der Waals surface area contributed by atoms with Crippen molar-refractivity contribution in [1.82, 2.24) is 42.1 Å². The number of primary amides is 2. The highest BCUT2D eigenvalue weighted by atomic mass is 32.2. The van der Waals surface area contributed by atoms with E-state index in [0.717, 1.165) is 11.8 Å². The van der Waals surface area contributed by atoms with Crippen LogP contribution in [0.2, 0.25) is 0 Å². The molecule has 2 rings (SSSR count). The van der Waals surface area contributed by atoms with Crippen molar-refractivity contribution in [3.8, 4) is 0 Å². The third kappa shape index (κ3) is 21.3. The van der Waals surface area contributed by atoms with E-state index in [1.807, 2.05) is 0 Å². The molecule has 0 bridgehead atoms. The highest BCUT2D eigenvalue weighted by Gasteiger charge is 2.42. The van der Waals surface area contributed by atoms with Gasteiger partial charge in [0.15, 0.2) is 6.04 Å². The van der Waals surface area contributed by atoms with Crippen LogP contribution in [0, 0.1) is 5.92 Å². The van der Waals surface area contributed by atoms with Crippen molar-refractivity contribution in [2.45, 2.75) is 152 Å². The molecule has 1 aromatic carbocycles. The standard InChI is InChI=1S/C46H73N11O15S/c1-23(2)20-30(52-43(68)32(22-58)54-39(64)28(13-15-34(48)61)50-38(63)27(47)17-19-73-5)41(66)51-29(14-16-35(49)62)40(65)55-36(24(3)59)45(70)57-18-9-12-33(57)44(69)53-31(21-26-10-7-6-8-11-26)42(67)56-37(25(4)60)46(71)72/h6-8,10-11,23-25,27-33,36-37,58-60H,9,12-22,47H2,1-5H3,(H2,48,61)(H2,49,62)(H,50,63)(H,51,66)(H,52,68)(H,53,69)(H,54,64)(H,55,65)(H,56,67)(H,71,72)/t24-,25-,27+,28+,29+,30+,31+,32+,33+,36+,37+/m1/s1. The molecule has 11 atom stereocenters. The number of aliphatic hydroxyl groups is 3. The van der Waals surface area contributed by atoms with Gasteiger partial charge in [0.2, 0.25) is 59.1 Å². The van der Waals surface area contributed by atoms with Gasteiger partial charge >= 0.3 is 5.97 Å². The number of hydrogen-bond donors (Lipinski definition) is 14. The Bertz CT molecular complexity index is 2080. The number of likely N-dealkylation sites (tertiary alicyclic amines) is 1. The van der Waals surface area contributed by atoms with Gasteiger partial charge in [-0.2, -0.15) is 11.8 Å². The first kappa shape index (κ1) is 62.7.